The molecule has 4 heteroatoms. The van der Waals surface area contributed by atoms with E-state index in [2.05, 4.69) is 57.1 Å². The third-order valence-corrected chi connectivity index (χ3v) is 6.92. The molecular formula is C16H27Br2NS. The van der Waals surface area contributed by atoms with Gasteiger partial charge in [0.15, 0.2) is 0 Å². The molecule has 0 fully saturated rings. The van der Waals surface area contributed by atoms with E-state index >= 15 is 0 Å². The van der Waals surface area contributed by atoms with Crippen molar-refractivity contribution in [2.75, 3.05) is 6.54 Å². The van der Waals surface area contributed by atoms with E-state index in [1.807, 2.05) is 11.3 Å². The molecule has 0 aliphatic heterocycles. The molecule has 0 saturated carbocycles. The van der Waals surface area contributed by atoms with E-state index < -0.39 is 0 Å². The van der Waals surface area contributed by atoms with Gasteiger partial charge in [-0.3, -0.25) is 0 Å². The summed E-state index contributed by atoms with van der Waals surface area (Å²) in [6, 6.07) is 2.77. The van der Waals surface area contributed by atoms with Crippen LogP contribution in [-0.2, 0) is 0 Å². The van der Waals surface area contributed by atoms with Crippen molar-refractivity contribution < 1.29 is 0 Å². The van der Waals surface area contributed by atoms with E-state index in [1.54, 1.807) is 0 Å². The predicted octanol–water partition coefficient (Wildman–Crippen LogP) is 7.06. The van der Waals surface area contributed by atoms with Crippen LogP contribution in [0.2, 0.25) is 0 Å². The summed E-state index contributed by atoms with van der Waals surface area (Å²) in [4.78, 5) is 1.44. The van der Waals surface area contributed by atoms with Crippen molar-refractivity contribution in [1.29, 1.82) is 0 Å². The van der Waals surface area contributed by atoms with E-state index in [0.717, 1.165) is 6.54 Å². The number of rotatable bonds is 11. The van der Waals surface area contributed by atoms with Crippen molar-refractivity contribution in [2.24, 2.45) is 0 Å². The average molecular weight is 425 g/mol. The van der Waals surface area contributed by atoms with Crippen LogP contribution in [0.25, 0.3) is 0 Å². The average Bonchev–Trinajstić information content (AvgIpc) is 2.76. The number of thiophene rings is 1. The molecule has 116 valence electrons. The van der Waals surface area contributed by atoms with Gasteiger partial charge in [0.05, 0.1) is 3.79 Å². The molecule has 1 aromatic rings. The molecule has 0 bridgehead atoms. The second-order valence-corrected chi connectivity index (χ2v) is 8.55. The molecule has 0 aliphatic rings. The lowest BCUT2D eigenvalue weighted by Crippen LogP contribution is -2.19. The summed E-state index contributed by atoms with van der Waals surface area (Å²) in [7, 11) is 0. The maximum atomic E-state index is 3.62. The molecular weight excluding hydrogens is 398 g/mol. The van der Waals surface area contributed by atoms with Gasteiger partial charge >= 0.3 is 0 Å². The van der Waals surface area contributed by atoms with Crippen molar-refractivity contribution in [3.05, 3.63) is 19.2 Å². The molecule has 1 rings (SSSR count). The number of halogens is 2. The Morgan fingerprint density at radius 2 is 1.70 bits per heavy atom. The van der Waals surface area contributed by atoms with Crippen molar-refractivity contribution in [2.45, 2.75) is 71.3 Å². The number of unbranched alkanes of at least 4 members (excludes halogenated alkanes) is 6. The van der Waals surface area contributed by atoms with Gasteiger partial charge in [-0.25, -0.2) is 0 Å². The van der Waals surface area contributed by atoms with E-state index in [1.165, 1.54) is 64.5 Å². The molecule has 0 aromatic carbocycles. The van der Waals surface area contributed by atoms with Crippen LogP contribution in [-0.4, -0.2) is 6.54 Å². The van der Waals surface area contributed by atoms with Crippen LogP contribution < -0.4 is 5.32 Å². The van der Waals surface area contributed by atoms with Crippen LogP contribution in [0.1, 0.15) is 76.1 Å². The standard InChI is InChI=1S/C16H27Br2NS/c1-3-5-6-7-8-9-10-11-14(19-4-2)15-12-13(17)16(18)20-15/h12,14,19H,3-11H2,1-2H3. The van der Waals surface area contributed by atoms with Gasteiger partial charge in [0.25, 0.3) is 0 Å². The Morgan fingerprint density at radius 1 is 1.05 bits per heavy atom. The first kappa shape index (κ1) is 18.7. The molecule has 0 saturated heterocycles. The lowest BCUT2D eigenvalue weighted by Gasteiger charge is -2.16. The summed E-state index contributed by atoms with van der Waals surface area (Å²) in [6.45, 7) is 5.50. The van der Waals surface area contributed by atoms with Crippen LogP contribution in [0.15, 0.2) is 14.3 Å². The van der Waals surface area contributed by atoms with Gasteiger partial charge in [0.1, 0.15) is 0 Å². The van der Waals surface area contributed by atoms with Gasteiger partial charge in [-0.05, 0) is 50.9 Å². The van der Waals surface area contributed by atoms with E-state index in [0.29, 0.717) is 6.04 Å². The number of nitrogens with one attached hydrogen (secondary N) is 1. The molecule has 1 aromatic heterocycles. The van der Waals surface area contributed by atoms with Crippen LogP contribution in [0.5, 0.6) is 0 Å². The van der Waals surface area contributed by atoms with Crippen LogP contribution in [0.3, 0.4) is 0 Å². The van der Waals surface area contributed by atoms with Crippen molar-refractivity contribution in [3.8, 4) is 0 Å². The fourth-order valence-corrected chi connectivity index (χ4v) is 4.63. The Balaban J connectivity index is 2.29. The summed E-state index contributed by atoms with van der Waals surface area (Å²) in [5.74, 6) is 0. The molecule has 20 heavy (non-hydrogen) atoms. The Kier molecular flexibility index (Phi) is 10.5. The highest BCUT2D eigenvalue weighted by atomic mass is 79.9. The van der Waals surface area contributed by atoms with Crippen molar-refractivity contribution >= 4 is 43.2 Å². The first-order valence-corrected chi connectivity index (χ1v) is 10.3. The summed E-state index contributed by atoms with van der Waals surface area (Å²) in [5, 5.41) is 3.62. The minimum Gasteiger partial charge on any atom is -0.310 e. The SMILES string of the molecule is CCCCCCCCCC(NCC)c1cc(Br)c(Br)s1. The predicted molar refractivity (Wildman–Crippen MR) is 98.7 cm³/mol. The summed E-state index contributed by atoms with van der Waals surface area (Å²) in [5.41, 5.74) is 0. The lowest BCUT2D eigenvalue weighted by atomic mass is 10.0. The quantitative estimate of drug-likeness (QED) is 0.374. The minimum absolute atomic E-state index is 0.517. The van der Waals surface area contributed by atoms with E-state index in [9.17, 15) is 0 Å². The molecule has 0 aliphatic carbocycles. The van der Waals surface area contributed by atoms with Crippen molar-refractivity contribution in [1.82, 2.24) is 5.32 Å². The first-order valence-electron chi connectivity index (χ1n) is 7.87. The molecule has 1 atom stereocenters. The fraction of sp³-hybridized carbons (Fsp3) is 0.750. The molecule has 1 unspecified atom stereocenters. The monoisotopic (exact) mass is 423 g/mol. The smallest absolute Gasteiger partial charge is 0.0843 e. The Labute approximate surface area is 145 Å². The molecule has 1 nitrogen and oxygen atoms in total. The summed E-state index contributed by atoms with van der Waals surface area (Å²) >= 11 is 9.03. The second-order valence-electron chi connectivity index (χ2n) is 5.29. The Morgan fingerprint density at radius 3 is 2.25 bits per heavy atom. The maximum absolute atomic E-state index is 3.62. The van der Waals surface area contributed by atoms with E-state index in [-0.39, 0.29) is 0 Å². The third kappa shape index (κ3) is 7.06. The van der Waals surface area contributed by atoms with E-state index in [4.69, 9.17) is 0 Å². The molecule has 1 heterocycles. The van der Waals surface area contributed by atoms with Gasteiger partial charge < -0.3 is 5.32 Å². The highest BCUT2D eigenvalue weighted by molar-refractivity contribution is 9.13. The summed E-state index contributed by atoms with van der Waals surface area (Å²) < 4.78 is 2.38. The van der Waals surface area contributed by atoms with Gasteiger partial charge in [0, 0.05) is 15.4 Å². The maximum Gasteiger partial charge on any atom is 0.0843 e. The van der Waals surface area contributed by atoms with Crippen LogP contribution in [0, 0.1) is 0 Å². The third-order valence-electron chi connectivity index (χ3n) is 3.55. The van der Waals surface area contributed by atoms with Gasteiger partial charge in [0.2, 0.25) is 0 Å². The number of hydrogen-bond acceptors (Lipinski definition) is 2. The lowest BCUT2D eigenvalue weighted by molar-refractivity contribution is 0.481. The molecule has 0 spiro atoms. The highest BCUT2D eigenvalue weighted by Crippen LogP contribution is 2.36. The Bertz CT molecular complexity index is 346. The highest BCUT2D eigenvalue weighted by Gasteiger charge is 2.14. The van der Waals surface area contributed by atoms with Crippen LogP contribution >= 0.6 is 43.2 Å². The Hall–Kier alpha value is 0.620. The zero-order chi connectivity index (χ0) is 14.8. The zero-order valence-electron chi connectivity index (χ0n) is 12.7. The van der Waals surface area contributed by atoms with Gasteiger partial charge in [-0.2, -0.15) is 0 Å². The first-order chi connectivity index (χ1) is 9.69. The molecule has 0 radical (unpaired) electrons. The van der Waals surface area contributed by atoms with Crippen molar-refractivity contribution in [3.63, 3.8) is 0 Å². The normalized spacial score (nSPS) is 12.8. The largest absolute Gasteiger partial charge is 0.310 e. The van der Waals surface area contributed by atoms with Gasteiger partial charge in [-0.15, -0.1) is 11.3 Å². The molecule has 1 N–H and O–H groups in total. The minimum atomic E-state index is 0.517. The number of hydrogen-bond donors (Lipinski definition) is 1. The zero-order valence-corrected chi connectivity index (χ0v) is 16.7. The fourth-order valence-electron chi connectivity index (χ4n) is 2.43. The van der Waals surface area contributed by atoms with Gasteiger partial charge in [-0.1, -0.05) is 58.8 Å². The topological polar surface area (TPSA) is 12.0 Å². The van der Waals surface area contributed by atoms with Crippen LogP contribution in [0.4, 0.5) is 0 Å². The summed E-state index contributed by atoms with van der Waals surface area (Å²) in [6.07, 6.45) is 10.9. The molecule has 0 amide bonds. The second kappa shape index (κ2) is 11.2.